The molecule has 1 saturated carbocycles. The summed E-state index contributed by atoms with van der Waals surface area (Å²) >= 11 is 16.2. The quantitative estimate of drug-likeness (QED) is 0.448. The number of hydrogen-bond donors (Lipinski definition) is 0. The molecule has 1 aromatic rings. The van der Waals surface area contributed by atoms with Crippen LogP contribution < -0.4 is 0 Å². The maximum atomic E-state index is 6.39. The van der Waals surface area contributed by atoms with E-state index in [9.17, 15) is 0 Å². The third-order valence-corrected chi connectivity index (χ3v) is 6.41. The van der Waals surface area contributed by atoms with Crippen LogP contribution in [-0.4, -0.2) is 5.88 Å². The fourth-order valence-electron chi connectivity index (χ4n) is 3.50. The van der Waals surface area contributed by atoms with Crippen molar-refractivity contribution in [3.63, 3.8) is 0 Å². The fraction of sp³-hybridized carbons (Fsp3) is 0.667. The summed E-state index contributed by atoms with van der Waals surface area (Å²) in [5, 5.41) is 0.863. The number of hydrogen-bond acceptors (Lipinski definition) is 0. The number of rotatable bonds is 6. The average molecular weight is 392 g/mol. The van der Waals surface area contributed by atoms with Crippen molar-refractivity contribution in [2.75, 3.05) is 5.88 Å². The largest absolute Gasteiger partial charge is 0.126 e. The van der Waals surface area contributed by atoms with Gasteiger partial charge in [0.1, 0.15) is 0 Å². The predicted octanol–water partition coefficient (Wildman–Crippen LogP) is 7.25. The summed E-state index contributed by atoms with van der Waals surface area (Å²) in [6.07, 6.45) is 10.3. The zero-order valence-electron chi connectivity index (χ0n) is 12.8. The molecule has 1 aromatic carbocycles. The highest BCUT2D eigenvalue weighted by Gasteiger charge is 2.35. The Morgan fingerprint density at radius 1 is 1.29 bits per heavy atom. The second kappa shape index (κ2) is 8.22. The van der Waals surface area contributed by atoms with E-state index in [-0.39, 0.29) is 5.41 Å². The summed E-state index contributed by atoms with van der Waals surface area (Å²) in [5.41, 5.74) is 1.49. The van der Waals surface area contributed by atoms with Gasteiger partial charge in [0.25, 0.3) is 0 Å². The molecule has 0 amide bonds. The Bertz CT molecular complexity index is 451. The molecule has 0 aromatic heterocycles. The molecule has 0 aliphatic heterocycles. The molecule has 3 heteroatoms. The van der Waals surface area contributed by atoms with Crippen molar-refractivity contribution in [1.29, 1.82) is 0 Å². The Morgan fingerprint density at radius 3 is 2.57 bits per heavy atom. The molecule has 0 radical (unpaired) electrons. The van der Waals surface area contributed by atoms with Crippen LogP contribution in [0.2, 0.25) is 5.02 Å². The maximum Gasteiger partial charge on any atom is 0.0449 e. The van der Waals surface area contributed by atoms with Crippen LogP contribution in [0.5, 0.6) is 0 Å². The van der Waals surface area contributed by atoms with Gasteiger partial charge in [-0.3, -0.25) is 0 Å². The molecule has 1 aliphatic carbocycles. The average Bonchev–Trinajstić information content (AvgIpc) is 2.49. The Morgan fingerprint density at radius 2 is 2.00 bits per heavy atom. The van der Waals surface area contributed by atoms with Crippen LogP contribution in [0.1, 0.15) is 57.4 Å². The lowest BCUT2D eigenvalue weighted by Crippen LogP contribution is -2.31. The van der Waals surface area contributed by atoms with E-state index in [1.807, 2.05) is 6.07 Å². The second-order valence-corrected chi connectivity index (χ2v) is 8.22. The normalized spacial score (nSPS) is 26.0. The van der Waals surface area contributed by atoms with Crippen LogP contribution >= 0.6 is 39.1 Å². The summed E-state index contributed by atoms with van der Waals surface area (Å²) in [6, 6.07) is 6.21. The molecule has 0 bridgehead atoms. The van der Waals surface area contributed by atoms with Crippen LogP contribution in [0.25, 0.3) is 0 Å². The summed E-state index contributed by atoms with van der Waals surface area (Å²) < 4.78 is 1.04. The van der Waals surface area contributed by atoms with Gasteiger partial charge in [-0.25, -0.2) is 0 Å². The van der Waals surface area contributed by atoms with E-state index in [2.05, 4.69) is 35.0 Å². The molecule has 0 unspecified atom stereocenters. The number of unbranched alkanes of at least 4 members (excludes halogenated alkanes) is 1. The molecule has 2 rings (SSSR count). The van der Waals surface area contributed by atoms with Crippen molar-refractivity contribution in [2.45, 2.75) is 58.3 Å². The lowest BCUT2D eigenvalue weighted by atomic mass is 9.68. The minimum Gasteiger partial charge on any atom is -0.126 e. The van der Waals surface area contributed by atoms with Crippen molar-refractivity contribution in [3.8, 4) is 0 Å². The summed E-state index contributed by atoms with van der Waals surface area (Å²) in [5.74, 6) is 1.67. The Labute approximate surface area is 147 Å². The van der Waals surface area contributed by atoms with E-state index < -0.39 is 0 Å². The van der Waals surface area contributed by atoms with Crippen LogP contribution in [0.3, 0.4) is 0 Å². The molecular formula is C18H25BrCl2. The molecule has 0 saturated heterocycles. The lowest BCUT2D eigenvalue weighted by Gasteiger charge is -2.39. The Hall–Kier alpha value is 0.280. The van der Waals surface area contributed by atoms with E-state index in [1.54, 1.807) is 0 Å². The zero-order valence-corrected chi connectivity index (χ0v) is 15.9. The van der Waals surface area contributed by atoms with Gasteiger partial charge in [0.05, 0.1) is 0 Å². The fourth-order valence-corrected chi connectivity index (χ4v) is 4.60. The van der Waals surface area contributed by atoms with Gasteiger partial charge in [-0.15, -0.1) is 11.6 Å². The molecule has 0 nitrogen and oxygen atoms in total. The van der Waals surface area contributed by atoms with Gasteiger partial charge in [-0.2, -0.15) is 0 Å². The smallest absolute Gasteiger partial charge is 0.0449 e. The van der Waals surface area contributed by atoms with E-state index >= 15 is 0 Å². The van der Waals surface area contributed by atoms with E-state index in [4.69, 9.17) is 23.2 Å². The van der Waals surface area contributed by atoms with Gasteiger partial charge in [0.2, 0.25) is 0 Å². The SMILES string of the molecule is CCCCC1CCC(CCl)(Cc2ccc(Br)cc2Cl)CC1. The van der Waals surface area contributed by atoms with Crippen molar-refractivity contribution < 1.29 is 0 Å². The molecule has 1 aliphatic rings. The van der Waals surface area contributed by atoms with E-state index in [0.29, 0.717) is 0 Å². The van der Waals surface area contributed by atoms with Gasteiger partial charge >= 0.3 is 0 Å². The standard InChI is InChI=1S/C18H25BrCl2/c1-2-3-4-14-7-9-18(13-20,10-8-14)12-15-5-6-16(19)11-17(15)21/h5-6,11,14H,2-4,7-10,12-13H2,1H3. The third kappa shape index (κ3) is 4.88. The predicted molar refractivity (Wildman–Crippen MR) is 97.5 cm³/mol. The highest BCUT2D eigenvalue weighted by molar-refractivity contribution is 9.10. The maximum absolute atomic E-state index is 6.39. The van der Waals surface area contributed by atoms with Gasteiger partial charge in [-0.05, 0) is 61.1 Å². The van der Waals surface area contributed by atoms with Crippen molar-refractivity contribution in [1.82, 2.24) is 0 Å². The molecule has 0 heterocycles. The Balaban J connectivity index is 1.99. The van der Waals surface area contributed by atoms with Gasteiger partial charge in [0.15, 0.2) is 0 Å². The summed E-state index contributed by atoms with van der Waals surface area (Å²) in [4.78, 5) is 0. The molecule has 0 atom stereocenters. The number of halogens is 3. The molecular weight excluding hydrogens is 367 g/mol. The van der Waals surface area contributed by atoms with Gasteiger partial charge in [-0.1, -0.05) is 59.8 Å². The topological polar surface area (TPSA) is 0 Å². The van der Waals surface area contributed by atoms with Gasteiger partial charge < -0.3 is 0 Å². The lowest BCUT2D eigenvalue weighted by molar-refractivity contribution is 0.166. The minimum atomic E-state index is 0.252. The zero-order chi connectivity index (χ0) is 15.3. The highest BCUT2D eigenvalue weighted by atomic mass is 79.9. The molecule has 1 fully saturated rings. The molecule has 0 spiro atoms. The van der Waals surface area contributed by atoms with Crippen LogP contribution in [0.15, 0.2) is 22.7 Å². The minimum absolute atomic E-state index is 0.252. The second-order valence-electron chi connectivity index (χ2n) is 6.63. The molecule has 21 heavy (non-hydrogen) atoms. The summed E-state index contributed by atoms with van der Waals surface area (Å²) in [7, 11) is 0. The Kier molecular flexibility index (Phi) is 6.90. The van der Waals surface area contributed by atoms with E-state index in [0.717, 1.165) is 27.7 Å². The van der Waals surface area contributed by atoms with Crippen LogP contribution in [0.4, 0.5) is 0 Å². The first-order chi connectivity index (χ1) is 10.1. The number of benzene rings is 1. The third-order valence-electron chi connectivity index (χ3n) is 5.00. The molecule has 0 N–H and O–H groups in total. The van der Waals surface area contributed by atoms with Crippen LogP contribution in [-0.2, 0) is 6.42 Å². The summed E-state index contributed by atoms with van der Waals surface area (Å²) in [6.45, 7) is 2.28. The highest BCUT2D eigenvalue weighted by Crippen LogP contribution is 2.44. The van der Waals surface area contributed by atoms with Crippen LogP contribution in [0, 0.1) is 11.3 Å². The first kappa shape index (κ1) is 17.6. The number of alkyl halides is 1. The first-order valence-corrected chi connectivity index (χ1v) is 9.79. The van der Waals surface area contributed by atoms with Crippen molar-refractivity contribution in [2.24, 2.45) is 11.3 Å². The first-order valence-electron chi connectivity index (χ1n) is 8.08. The monoisotopic (exact) mass is 390 g/mol. The van der Waals surface area contributed by atoms with E-state index in [1.165, 1.54) is 50.5 Å². The van der Waals surface area contributed by atoms with Crippen molar-refractivity contribution >= 4 is 39.1 Å². The molecule has 118 valence electrons. The van der Waals surface area contributed by atoms with Crippen molar-refractivity contribution in [3.05, 3.63) is 33.3 Å². The van der Waals surface area contributed by atoms with Gasteiger partial charge in [0, 0.05) is 15.4 Å².